The van der Waals surface area contributed by atoms with Crippen LogP contribution in [0.2, 0.25) is 0 Å². The van der Waals surface area contributed by atoms with E-state index in [1.54, 1.807) is 0 Å². The highest BCUT2D eigenvalue weighted by atomic mass is 19.3. The Bertz CT molecular complexity index is 132. The Hall–Kier alpha value is -0.670. The minimum absolute atomic E-state index is 0.235. The van der Waals surface area contributed by atoms with E-state index in [1.165, 1.54) is 0 Å². The van der Waals surface area contributed by atoms with Gasteiger partial charge in [0, 0.05) is 0 Å². The number of carbonyl (C=O) groups is 1. The molecule has 1 fully saturated rings. The monoisotopic (exact) mass is 150 g/mol. The van der Waals surface area contributed by atoms with Gasteiger partial charge in [0.15, 0.2) is 0 Å². The van der Waals surface area contributed by atoms with Crippen molar-refractivity contribution in [3.8, 4) is 0 Å². The van der Waals surface area contributed by atoms with Gasteiger partial charge in [-0.1, -0.05) is 0 Å². The lowest BCUT2D eigenvalue weighted by Gasteiger charge is -2.24. The molecule has 0 saturated heterocycles. The topological polar surface area (TPSA) is 26.3 Å². The molecule has 0 N–H and O–H groups in total. The third-order valence-electron chi connectivity index (χ3n) is 1.51. The normalized spacial score (nSPS) is 18.7. The Kier molecular flexibility index (Phi) is 2.19. The van der Waals surface area contributed by atoms with E-state index in [0.29, 0.717) is 0 Å². The average molecular weight is 150 g/mol. The second-order valence-electron chi connectivity index (χ2n) is 2.29. The summed E-state index contributed by atoms with van der Waals surface area (Å²) in [7, 11) is 0. The minimum atomic E-state index is -2.97. The first-order chi connectivity index (χ1) is 4.70. The fourth-order valence-electron chi connectivity index (χ4n) is 0.704. The van der Waals surface area contributed by atoms with Crippen LogP contribution in [0.4, 0.5) is 8.78 Å². The van der Waals surface area contributed by atoms with E-state index in [9.17, 15) is 13.6 Å². The van der Waals surface area contributed by atoms with E-state index < -0.39 is 12.4 Å². The van der Waals surface area contributed by atoms with Gasteiger partial charge in [-0.3, -0.25) is 0 Å². The molecule has 0 radical (unpaired) electrons. The van der Waals surface area contributed by atoms with Crippen LogP contribution in [0.25, 0.3) is 0 Å². The summed E-state index contributed by atoms with van der Waals surface area (Å²) in [5, 5.41) is 0. The van der Waals surface area contributed by atoms with Gasteiger partial charge in [0.1, 0.15) is 6.10 Å². The maximum atomic E-state index is 11.5. The van der Waals surface area contributed by atoms with E-state index in [1.807, 2.05) is 0 Å². The van der Waals surface area contributed by atoms with E-state index >= 15 is 0 Å². The van der Waals surface area contributed by atoms with Crippen molar-refractivity contribution in [1.82, 2.24) is 0 Å². The van der Waals surface area contributed by atoms with E-state index in [0.717, 1.165) is 19.3 Å². The van der Waals surface area contributed by atoms with Gasteiger partial charge >= 0.3 is 12.4 Å². The molecule has 0 spiro atoms. The lowest BCUT2D eigenvalue weighted by molar-refractivity contribution is -0.165. The van der Waals surface area contributed by atoms with Gasteiger partial charge < -0.3 is 4.74 Å². The van der Waals surface area contributed by atoms with Crippen molar-refractivity contribution in [3.63, 3.8) is 0 Å². The molecule has 0 heterocycles. The summed E-state index contributed by atoms with van der Waals surface area (Å²) < 4.78 is 27.3. The Morgan fingerprint density at radius 1 is 1.50 bits per heavy atom. The molecule has 1 aliphatic rings. The molecule has 2 nitrogen and oxygen atoms in total. The molecule has 10 heavy (non-hydrogen) atoms. The van der Waals surface area contributed by atoms with Crippen LogP contribution in [0, 0.1) is 0 Å². The lowest BCUT2D eigenvalue weighted by atomic mass is 9.96. The summed E-state index contributed by atoms with van der Waals surface area (Å²) in [6, 6.07) is 0. The highest BCUT2D eigenvalue weighted by molar-refractivity contribution is 5.73. The number of hydrogen-bond acceptors (Lipinski definition) is 2. The Balaban J connectivity index is 2.17. The standard InChI is InChI=1S/C6H8F2O2/c7-5(8)6(9)10-4-2-1-3-4/h4-5H,1-3H2. The molecule has 1 rings (SSSR count). The maximum absolute atomic E-state index is 11.5. The predicted molar refractivity (Wildman–Crippen MR) is 29.7 cm³/mol. The molecule has 1 saturated carbocycles. The first kappa shape index (κ1) is 7.44. The molecular weight excluding hydrogens is 142 g/mol. The van der Waals surface area contributed by atoms with Crippen LogP contribution in [0.5, 0.6) is 0 Å². The van der Waals surface area contributed by atoms with Crippen molar-refractivity contribution in [2.45, 2.75) is 31.8 Å². The van der Waals surface area contributed by atoms with Gasteiger partial charge in [-0.05, 0) is 19.3 Å². The molecule has 0 aromatic rings. The highest BCUT2D eigenvalue weighted by Gasteiger charge is 2.26. The summed E-state index contributed by atoms with van der Waals surface area (Å²) in [5.74, 6) is -1.38. The van der Waals surface area contributed by atoms with Gasteiger partial charge in [0.25, 0.3) is 0 Å². The molecule has 4 heteroatoms. The Labute approximate surface area is 57.2 Å². The van der Waals surface area contributed by atoms with Crippen LogP contribution in [-0.2, 0) is 9.53 Å². The summed E-state index contributed by atoms with van der Waals surface area (Å²) in [6.45, 7) is 0. The molecule has 0 atom stereocenters. The molecule has 58 valence electrons. The Morgan fingerprint density at radius 2 is 2.10 bits per heavy atom. The lowest BCUT2D eigenvalue weighted by Crippen LogP contribution is -2.28. The van der Waals surface area contributed by atoms with Crippen LogP contribution in [0.1, 0.15) is 19.3 Å². The number of rotatable bonds is 2. The Morgan fingerprint density at radius 3 is 2.40 bits per heavy atom. The highest BCUT2D eigenvalue weighted by Crippen LogP contribution is 2.22. The van der Waals surface area contributed by atoms with Crippen molar-refractivity contribution in [3.05, 3.63) is 0 Å². The van der Waals surface area contributed by atoms with Crippen LogP contribution in [0.3, 0.4) is 0 Å². The summed E-state index contributed by atoms with van der Waals surface area (Å²) in [4.78, 5) is 10.2. The van der Waals surface area contributed by atoms with E-state index in [4.69, 9.17) is 0 Å². The van der Waals surface area contributed by atoms with Crippen molar-refractivity contribution >= 4 is 5.97 Å². The second kappa shape index (κ2) is 2.94. The van der Waals surface area contributed by atoms with Crippen molar-refractivity contribution in [2.75, 3.05) is 0 Å². The first-order valence-electron chi connectivity index (χ1n) is 3.19. The third-order valence-corrected chi connectivity index (χ3v) is 1.51. The number of carbonyl (C=O) groups excluding carboxylic acids is 1. The molecular formula is C6H8F2O2. The molecule has 0 unspecified atom stereocenters. The van der Waals surface area contributed by atoms with E-state index in [2.05, 4.69) is 4.74 Å². The largest absolute Gasteiger partial charge is 0.458 e. The fraction of sp³-hybridized carbons (Fsp3) is 0.833. The summed E-state index contributed by atoms with van der Waals surface area (Å²) in [5.41, 5.74) is 0. The van der Waals surface area contributed by atoms with E-state index in [-0.39, 0.29) is 6.10 Å². The fourth-order valence-corrected chi connectivity index (χ4v) is 0.704. The molecule has 1 aliphatic carbocycles. The third kappa shape index (κ3) is 1.65. The van der Waals surface area contributed by atoms with Gasteiger partial charge in [0.05, 0.1) is 0 Å². The quantitative estimate of drug-likeness (QED) is 0.555. The van der Waals surface area contributed by atoms with Crippen LogP contribution in [0.15, 0.2) is 0 Å². The molecule has 0 aliphatic heterocycles. The zero-order valence-electron chi connectivity index (χ0n) is 5.35. The molecule has 0 aromatic carbocycles. The summed E-state index contributed by atoms with van der Waals surface area (Å²) >= 11 is 0. The number of halogens is 2. The second-order valence-corrected chi connectivity index (χ2v) is 2.29. The number of ether oxygens (including phenoxy) is 1. The number of hydrogen-bond donors (Lipinski definition) is 0. The minimum Gasteiger partial charge on any atom is -0.458 e. The maximum Gasteiger partial charge on any atom is 0.374 e. The molecule has 0 amide bonds. The first-order valence-corrected chi connectivity index (χ1v) is 3.19. The van der Waals surface area contributed by atoms with Crippen LogP contribution in [-0.4, -0.2) is 18.5 Å². The number of esters is 1. The van der Waals surface area contributed by atoms with Crippen LogP contribution >= 0.6 is 0 Å². The van der Waals surface area contributed by atoms with Gasteiger partial charge in [-0.15, -0.1) is 0 Å². The SMILES string of the molecule is O=C(OC1CCC1)C(F)F. The van der Waals surface area contributed by atoms with Gasteiger partial charge in [0.2, 0.25) is 0 Å². The zero-order valence-corrected chi connectivity index (χ0v) is 5.35. The molecule has 0 bridgehead atoms. The average Bonchev–Trinajstić information content (AvgIpc) is 1.77. The van der Waals surface area contributed by atoms with Crippen molar-refractivity contribution < 1.29 is 18.3 Å². The summed E-state index contributed by atoms with van der Waals surface area (Å²) in [6.07, 6.45) is -0.764. The smallest absolute Gasteiger partial charge is 0.374 e. The predicted octanol–water partition coefficient (Wildman–Crippen LogP) is 1.35. The zero-order chi connectivity index (χ0) is 7.56. The number of alkyl halides is 2. The molecule has 0 aromatic heterocycles. The van der Waals surface area contributed by atoms with Crippen LogP contribution < -0.4 is 0 Å². The van der Waals surface area contributed by atoms with Gasteiger partial charge in [-0.2, -0.15) is 8.78 Å². The van der Waals surface area contributed by atoms with Crippen molar-refractivity contribution in [2.24, 2.45) is 0 Å². The van der Waals surface area contributed by atoms with Crippen molar-refractivity contribution in [1.29, 1.82) is 0 Å². The van der Waals surface area contributed by atoms with Gasteiger partial charge in [-0.25, -0.2) is 4.79 Å².